The van der Waals surface area contributed by atoms with Crippen molar-refractivity contribution in [2.24, 2.45) is 10.1 Å². The summed E-state index contributed by atoms with van der Waals surface area (Å²) < 4.78 is 12.1. The van der Waals surface area contributed by atoms with Crippen LogP contribution < -0.4 is 0 Å². The number of nitrogens with zero attached hydrogens (tertiary/aromatic N) is 6. The number of imide groups is 1. The van der Waals surface area contributed by atoms with Crippen molar-refractivity contribution in [3.05, 3.63) is 0 Å². The molecule has 0 aliphatic carbocycles. The van der Waals surface area contributed by atoms with Crippen molar-refractivity contribution in [1.82, 2.24) is 14.8 Å². The van der Waals surface area contributed by atoms with Crippen LogP contribution in [0.4, 0.5) is 4.79 Å². The van der Waals surface area contributed by atoms with Crippen molar-refractivity contribution in [1.29, 1.82) is 0 Å². The maximum absolute atomic E-state index is 13.1. The van der Waals surface area contributed by atoms with Crippen LogP contribution in [0.1, 0.15) is 13.8 Å². The third kappa shape index (κ3) is 2.78. The maximum Gasteiger partial charge on any atom is 0.417 e. The number of carbonyl (C=O) groups is 2. The summed E-state index contributed by atoms with van der Waals surface area (Å²) in [6, 6.07) is -1.14. The third-order valence-corrected chi connectivity index (χ3v) is 4.89. The van der Waals surface area contributed by atoms with E-state index in [1.165, 1.54) is 16.9 Å². The Morgan fingerprint density at radius 3 is 2.46 bits per heavy atom. The number of hydrogen-bond donors (Lipinski definition) is 0. The molecule has 3 amide bonds. The minimum Gasteiger partial charge on any atom is -0.383 e. The van der Waals surface area contributed by atoms with Gasteiger partial charge in [-0.2, -0.15) is 0 Å². The molecule has 0 bridgehead atoms. The van der Waals surface area contributed by atoms with Gasteiger partial charge in [-0.25, -0.2) is 9.37 Å². The number of fused-ring (bicyclic) bond motifs is 2. The van der Waals surface area contributed by atoms with Crippen molar-refractivity contribution in [2.45, 2.75) is 25.9 Å². The molecule has 3 aliphatic heterocycles. The Morgan fingerprint density at radius 2 is 1.81 bits per heavy atom. The Morgan fingerprint density at radius 1 is 1.15 bits per heavy atom. The van der Waals surface area contributed by atoms with Gasteiger partial charge in [0.15, 0.2) is 0 Å². The number of ether oxygens (including phenoxy) is 2. The van der Waals surface area contributed by atoms with Gasteiger partial charge in [-0.1, -0.05) is 4.99 Å². The van der Waals surface area contributed by atoms with Gasteiger partial charge in [-0.05, 0) is 13.8 Å². The average Bonchev–Trinajstić information content (AvgIpc) is 3.03. The Bertz CT molecular complexity index is 716. The lowest BCUT2D eigenvalue weighted by atomic mass is 10.1. The molecule has 2 unspecified atom stereocenters. The number of likely N-dealkylation sites (N-methyl/N-ethyl adjacent to an activating group) is 1. The largest absolute Gasteiger partial charge is 0.417 e. The molecule has 0 aromatic rings. The van der Waals surface area contributed by atoms with Gasteiger partial charge in [0.2, 0.25) is 11.9 Å². The van der Waals surface area contributed by atoms with E-state index in [-0.39, 0.29) is 25.1 Å². The number of carbonyl (C=O) groups excluding carboxylic acids is 2. The van der Waals surface area contributed by atoms with E-state index in [0.29, 0.717) is 24.9 Å². The molecule has 1 fully saturated rings. The standard InChI is InChI=1S/C16H25N6O4/c1-10-11(2)22-12-13(17-15(22)21(18-10)7-9-26-5)19(3)16(24)20(14(12)23)6-8-25-4/h11-12H,6-9H2,1-5H3/q+1. The van der Waals surface area contributed by atoms with Gasteiger partial charge in [-0.3, -0.25) is 14.6 Å². The van der Waals surface area contributed by atoms with E-state index in [2.05, 4.69) is 10.1 Å². The molecule has 0 saturated carbocycles. The first-order valence-corrected chi connectivity index (χ1v) is 8.55. The van der Waals surface area contributed by atoms with E-state index in [1.54, 1.807) is 19.2 Å². The molecule has 0 aromatic carbocycles. The highest BCUT2D eigenvalue weighted by Crippen LogP contribution is 2.25. The summed E-state index contributed by atoms with van der Waals surface area (Å²) in [6.07, 6.45) is 0. The van der Waals surface area contributed by atoms with Crippen LogP contribution in [0.5, 0.6) is 0 Å². The van der Waals surface area contributed by atoms with Gasteiger partial charge >= 0.3 is 12.0 Å². The number of hydrogen-bond acceptors (Lipinski definition) is 7. The fourth-order valence-electron chi connectivity index (χ4n) is 3.29. The highest BCUT2D eigenvalue weighted by Gasteiger charge is 2.55. The number of urea groups is 1. The van der Waals surface area contributed by atoms with Gasteiger partial charge in [0, 0.05) is 21.3 Å². The van der Waals surface area contributed by atoms with E-state index in [1.807, 2.05) is 18.4 Å². The summed E-state index contributed by atoms with van der Waals surface area (Å²) in [4.78, 5) is 33.0. The molecular formula is C16H25N6O4+. The van der Waals surface area contributed by atoms with Crippen molar-refractivity contribution in [3.8, 4) is 0 Å². The number of amides is 3. The zero-order chi connectivity index (χ0) is 19.0. The first-order valence-electron chi connectivity index (χ1n) is 8.55. The molecule has 0 N–H and O–H groups in total. The Hall–Kier alpha value is -2.33. The molecule has 2 atom stereocenters. The number of guanidine groups is 1. The van der Waals surface area contributed by atoms with Crippen molar-refractivity contribution in [3.63, 3.8) is 0 Å². The van der Waals surface area contributed by atoms with Crippen LogP contribution in [0, 0.1) is 0 Å². The first-order chi connectivity index (χ1) is 12.4. The fourth-order valence-corrected chi connectivity index (χ4v) is 3.29. The quantitative estimate of drug-likeness (QED) is 0.587. The van der Waals surface area contributed by atoms with Crippen LogP contribution in [0.3, 0.4) is 0 Å². The van der Waals surface area contributed by atoms with Gasteiger partial charge in [0.25, 0.3) is 5.91 Å². The molecule has 3 rings (SSSR count). The van der Waals surface area contributed by atoms with Crippen LogP contribution >= 0.6 is 0 Å². The maximum atomic E-state index is 13.1. The van der Waals surface area contributed by atoms with E-state index < -0.39 is 12.1 Å². The zero-order valence-electron chi connectivity index (χ0n) is 15.8. The summed E-state index contributed by atoms with van der Waals surface area (Å²) in [5.74, 6) is 0.719. The predicted molar refractivity (Wildman–Crippen MR) is 94.4 cm³/mol. The summed E-state index contributed by atoms with van der Waals surface area (Å²) in [6.45, 7) is 5.38. The molecule has 26 heavy (non-hydrogen) atoms. The molecule has 0 radical (unpaired) electrons. The van der Waals surface area contributed by atoms with Crippen LogP contribution in [0.25, 0.3) is 0 Å². The Labute approximate surface area is 152 Å². The summed E-state index contributed by atoms with van der Waals surface area (Å²) in [5.41, 5.74) is 0.872. The summed E-state index contributed by atoms with van der Waals surface area (Å²) >= 11 is 0. The lowest BCUT2D eigenvalue weighted by Crippen LogP contribution is -2.64. The number of hydrazone groups is 1. The number of methoxy groups -OCH3 is 2. The normalized spacial score (nSPS) is 25.5. The molecule has 142 valence electrons. The number of aliphatic imine (C=N–C) groups is 1. The van der Waals surface area contributed by atoms with Crippen LogP contribution in [0.15, 0.2) is 10.1 Å². The molecular weight excluding hydrogens is 340 g/mol. The number of rotatable bonds is 6. The van der Waals surface area contributed by atoms with E-state index in [4.69, 9.17) is 9.47 Å². The van der Waals surface area contributed by atoms with Gasteiger partial charge in [0.05, 0.1) is 25.5 Å². The van der Waals surface area contributed by atoms with Crippen LogP contribution in [-0.4, -0.2) is 108 Å². The third-order valence-electron chi connectivity index (χ3n) is 4.89. The molecule has 10 heteroatoms. The number of amidine groups is 1. The molecule has 1 saturated heterocycles. The minimum atomic E-state index is -0.643. The summed E-state index contributed by atoms with van der Waals surface area (Å²) in [5, 5.41) is 6.31. The molecule has 3 heterocycles. The van der Waals surface area contributed by atoms with Gasteiger partial charge < -0.3 is 9.47 Å². The highest BCUT2D eigenvalue weighted by atomic mass is 16.5. The lowest BCUT2D eigenvalue weighted by molar-refractivity contribution is -0.559. The van der Waals surface area contributed by atoms with Gasteiger partial charge in [-0.15, -0.1) is 10.1 Å². The minimum absolute atomic E-state index is 0.107. The van der Waals surface area contributed by atoms with Gasteiger partial charge in [0.1, 0.15) is 12.6 Å². The SMILES string of the molecule is COCCN1N=C(C)C(C)[N+]2=C1N=C1C2C(=O)N(CCOC)C(=O)N1C. The first kappa shape index (κ1) is 18.5. The second-order valence-corrected chi connectivity index (χ2v) is 6.44. The van der Waals surface area contributed by atoms with E-state index in [0.717, 1.165) is 5.71 Å². The molecule has 0 spiro atoms. The van der Waals surface area contributed by atoms with Crippen molar-refractivity contribution in [2.75, 3.05) is 47.6 Å². The molecule has 10 nitrogen and oxygen atoms in total. The monoisotopic (exact) mass is 365 g/mol. The second-order valence-electron chi connectivity index (χ2n) is 6.44. The predicted octanol–water partition coefficient (Wildman–Crippen LogP) is -0.598. The fraction of sp³-hybridized carbons (Fsp3) is 0.688. The second kappa shape index (κ2) is 7.12. The van der Waals surface area contributed by atoms with Crippen LogP contribution in [-0.2, 0) is 14.3 Å². The smallest absolute Gasteiger partial charge is 0.383 e. The Kier molecular flexibility index (Phi) is 5.05. The highest BCUT2D eigenvalue weighted by molar-refractivity contribution is 6.23. The zero-order valence-corrected chi connectivity index (χ0v) is 15.8. The van der Waals surface area contributed by atoms with Crippen molar-refractivity contribution < 1.29 is 23.6 Å². The van der Waals surface area contributed by atoms with Crippen molar-refractivity contribution >= 4 is 29.4 Å². The van der Waals surface area contributed by atoms with E-state index in [9.17, 15) is 9.59 Å². The molecule has 3 aliphatic rings. The Balaban J connectivity index is 1.99. The van der Waals surface area contributed by atoms with Crippen LogP contribution in [0.2, 0.25) is 0 Å². The topological polar surface area (TPSA) is 90.0 Å². The average molecular weight is 365 g/mol. The van der Waals surface area contributed by atoms with E-state index >= 15 is 0 Å². The summed E-state index contributed by atoms with van der Waals surface area (Å²) in [7, 11) is 4.80. The molecule has 0 aromatic heterocycles. The lowest BCUT2D eigenvalue weighted by Gasteiger charge is -2.35.